The molecular weight excluding hydrogens is 310 g/mol. The summed E-state index contributed by atoms with van der Waals surface area (Å²) in [6.07, 6.45) is 9.12. The molecule has 0 spiro atoms. The van der Waals surface area contributed by atoms with E-state index in [9.17, 15) is 4.79 Å². The van der Waals surface area contributed by atoms with Crippen LogP contribution in [0.15, 0.2) is 24.3 Å². The average Bonchev–Trinajstić information content (AvgIpc) is 2.51. The molecule has 1 aromatic rings. The molecule has 4 aliphatic rings. The first-order valence-corrected chi connectivity index (χ1v) is 8.57. The molecule has 4 heteroatoms. The number of aldehydes is 1. The lowest BCUT2D eigenvalue weighted by Gasteiger charge is -2.58. The van der Waals surface area contributed by atoms with Gasteiger partial charge in [-0.1, -0.05) is 0 Å². The minimum absolute atomic E-state index is 0. The van der Waals surface area contributed by atoms with Crippen LogP contribution in [0.25, 0.3) is 0 Å². The van der Waals surface area contributed by atoms with Gasteiger partial charge < -0.3 is 14.8 Å². The van der Waals surface area contributed by atoms with E-state index in [1.807, 2.05) is 24.3 Å². The number of carbonyl (C=O) groups is 1. The molecule has 4 saturated carbocycles. The van der Waals surface area contributed by atoms with Gasteiger partial charge in [0.05, 0.1) is 13.2 Å². The fourth-order valence-electron chi connectivity index (χ4n) is 5.76. The molecule has 1 unspecified atom stereocenters. The zero-order valence-corrected chi connectivity index (χ0v) is 14.5. The summed E-state index contributed by atoms with van der Waals surface area (Å²) in [5.41, 5.74) is 1.23. The van der Waals surface area contributed by atoms with Gasteiger partial charge in [-0.05, 0) is 86.0 Å². The van der Waals surface area contributed by atoms with Crippen molar-refractivity contribution in [1.29, 1.82) is 0 Å². The molecule has 1 N–H and O–H groups in total. The fraction of sp³-hybridized carbons (Fsp3) is 0.632. The largest absolute Gasteiger partial charge is 0.497 e. The van der Waals surface area contributed by atoms with Crippen molar-refractivity contribution in [3.8, 4) is 5.75 Å². The Bertz CT molecular complexity index is 522. The second-order valence-corrected chi connectivity index (χ2v) is 7.77. The second kappa shape index (κ2) is 6.35. The van der Waals surface area contributed by atoms with Crippen molar-refractivity contribution < 1.29 is 9.53 Å². The summed E-state index contributed by atoms with van der Waals surface area (Å²) in [5, 5.41) is 3.51. The zero-order valence-electron chi connectivity index (χ0n) is 13.7. The van der Waals surface area contributed by atoms with E-state index < -0.39 is 0 Å². The molecule has 4 aliphatic carbocycles. The van der Waals surface area contributed by atoms with Crippen molar-refractivity contribution in [2.75, 3.05) is 12.4 Å². The summed E-state index contributed by atoms with van der Waals surface area (Å²) in [4.78, 5) is 11.9. The number of benzene rings is 1. The lowest BCUT2D eigenvalue weighted by atomic mass is 9.48. The smallest absolute Gasteiger partial charge is 0.142 e. The molecule has 5 rings (SSSR count). The third-order valence-corrected chi connectivity index (χ3v) is 6.29. The van der Waals surface area contributed by atoms with E-state index in [2.05, 4.69) is 5.32 Å². The molecule has 1 aromatic carbocycles. The third-order valence-electron chi connectivity index (χ3n) is 6.29. The van der Waals surface area contributed by atoms with Crippen molar-refractivity contribution in [3.05, 3.63) is 24.3 Å². The van der Waals surface area contributed by atoms with Gasteiger partial charge in [0.15, 0.2) is 0 Å². The maximum Gasteiger partial charge on any atom is 0.142 e. The van der Waals surface area contributed by atoms with E-state index in [-0.39, 0.29) is 23.9 Å². The maximum atomic E-state index is 11.9. The topological polar surface area (TPSA) is 38.3 Å². The summed E-state index contributed by atoms with van der Waals surface area (Å²) in [6.45, 7) is 0. The van der Waals surface area contributed by atoms with Crippen LogP contribution in [-0.2, 0) is 4.79 Å². The van der Waals surface area contributed by atoms with Gasteiger partial charge in [-0.3, -0.25) is 0 Å². The number of anilines is 1. The molecule has 0 heterocycles. The summed E-state index contributed by atoms with van der Waals surface area (Å²) in [6, 6.07) is 7.87. The number of carbonyl (C=O) groups excluding carboxylic acids is 1. The van der Waals surface area contributed by atoms with Crippen LogP contribution in [0.3, 0.4) is 0 Å². The van der Waals surface area contributed by atoms with Gasteiger partial charge in [0.1, 0.15) is 12.0 Å². The molecule has 23 heavy (non-hydrogen) atoms. The summed E-state index contributed by atoms with van der Waals surface area (Å²) < 4.78 is 5.20. The zero-order chi connectivity index (χ0) is 15.2. The van der Waals surface area contributed by atoms with E-state index in [0.29, 0.717) is 0 Å². The normalized spacial score (nSPS) is 35.3. The molecule has 4 fully saturated rings. The van der Waals surface area contributed by atoms with E-state index >= 15 is 0 Å². The predicted octanol–water partition coefficient (Wildman–Crippen LogP) is 4.31. The van der Waals surface area contributed by atoms with Crippen molar-refractivity contribution in [2.45, 2.75) is 44.6 Å². The van der Waals surface area contributed by atoms with E-state index in [1.165, 1.54) is 38.5 Å². The van der Waals surface area contributed by atoms with Crippen LogP contribution >= 0.6 is 12.4 Å². The number of ether oxygens (including phenoxy) is 1. The van der Waals surface area contributed by atoms with Crippen molar-refractivity contribution in [1.82, 2.24) is 0 Å². The lowest BCUT2D eigenvalue weighted by Crippen LogP contribution is -2.54. The SMILES string of the molecule is COc1ccc(NC(C=O)C23CC4CC(CC(C4)C2)C3)cc1.Cl. The predicted molar refractivity (Wildman–Crippen MR) is 94.3 cm³/mol. The second-order valence-electron chi connectivity index (χ2n) is 7.77. The Hall–Kier alpha value is -1.22. The van der Waals surface area contributed by atoms with Gasteiger partial charge in [-0.25, -0.2) is 0 Å². The minimum atomic E-state index is -0.0469. The molecular formula is C19H26ClNO2. The van der Waals surface area contributed by atoms with Crippen LogP contribution in [0.5, 0.6) is 5.75 Å². The molecule has 0 aliphatic heterocycles. The highest BCUT2D eigenvalue weighted by Gasteiger charge is 2.54. The van der Waals surface area contributed by atoms with Gasteiger partial charge in [0.25, 0.3) is 0 Å². The van der Waals surface area contributed by atoms with Crippen molar-refractivity contribution in [2.24, 2.45) is 23.2 Å². The van der Waals surface area contributed by atoms with E-state index in [4.69, 9.17) is 4.74 Å². The van der Waals surface area contributed by atoms with E-state index in [1.54, 1.807) is 7.11 Å². The van der Waals surface area contributed by atoms with Crippen LogP contribution in [0.1, 0.15) is 38.5 Å². The molecule has 0 saturated heterocycles. The van der Waals surface area contributed by atoms with Crippen LogP contribution in [0.4, 0.5) is 5.69 Å². The van der Waals surface area contributed by atoms with Crippen LogP contribution in [0.2, 0.25) is 0 Å². The van der Waals surface area contributed by atoms with Crippen LogP contribution < -0.4 is 10.1 Å². The molecule has 1 atom stereocenters. The van der Waals surface area contributed by atoms with Crippen molar-refractivity contribution in [3.63, 3.8) is 0 Å². The Morgan fingerprint density at radius 2 is 1.61 bits per heavy atom. The van der Waals surface area contributed by atoms with Crippen LogP contribution in [-0.4, -0.2) is 19.4 Å². The standard InChI is InChI=1S/C19H25NO2.ClH/c1-22-17-4-2-16(3-5-17)20-18(12-21)19-9-13-6-14(10-19)8-15(7-13)11-19;/h2-5,12-15,18,20H,6-11H2,1H3;1H. The monoisotopic (exact) mass is 335 g/mol. The quantitative estimate of drug-likeness (QED) is 0.815. The lowest BCUT2D eigenvalue weighted by molar-refractivity contribution is -0.118. The first-order valence-electron chi connectivity index (χ1n) is 8.57. The van der Waals surface area contributed by atoms with Crippen LogP contribution in [0, 0.1) is 23.2 Å². The molecule has 3 nitrogen and oxygen atoms in total. The highest BCUT2D eigenvalue weighted by atomic mass is 35.5. The summed E-state index contributed by atoms with van der Waals surface area (Å²) >= 11 is 0. The maximum absolute atomic E-state index is 11.9. The minimum Gasteiger partial charge on any atom is -0.497 e. The van der Waals surface area contributed by atoms with Gasteiger partial charge in [-0.2, -0.15) is 0 Å². The van der Waals surface area contributed by atoms with E-state index in [0.717, 1.165) is 35.5 Å². The molecule has 0 amide bonds. The first-order chi connectivity index (χ1) is 10.7. The van der Waals surface area contributed by atoms with Gasteiger partial charge in [0, 0.05) is 5.69 Å². The average molecular weight is 336 g/mol. The summed E-state index contributed by atoms with van der Waals surface area (Å²) in [5.74, 6) is 3.45. The van der Waals surface area contributed by atoms with Crippen molar-refractivity contribution >= 4 is 24.4 Å². The third kappa shape index (κ3) is 2.96. The van der Waals surface area contributed by atoms with Gasteiger partial charge in [0.2, 0.25) is 0 Å². The van der Waals surface area contributed by atoms with Gasteiger partial charge in [-0.15, -0.1) is 12.4 Å². The Kier molecular flexibility index (Phi) is 4.59. The number of hydrogen-bond acceptors (Lipinski definition) is 3. The Morgan fingerprint density at radius 3 is 2.04 bits per heavy atom. The Balaban J connectivity index is 0.00000156. The number of halogens is 1. The van der Waals surface area contributed by atoms with Gasteiger partial charge >= 0.3 is 0 Å². The highest BCUT2D eigenvalue weighted by Crippen LogP contribution is 2.61. The Morgan fingerprint density at radius 1 is 1.09 bits per heavy atom. The molecule has 0 radical (unpaired) electrons. The fourth-order valence-corrected chi connectivity index (χ4v) is 5.76. The molecule has 4 bridgehead atoms. The highest BCUT2D eigenvalue weighted by molar-refractivity contribution is 5.85. The summed E-state index contributed by atoms with van der Waals surface area (Å²) in [7, 11) is 1.67. The number of methoxy groups -OCH3 is 1. The number of nitrogens with one attached hydrogen (secondary N) is 1. The number of rotatable bonds is 5. The number of hydrogen-bond donors (Lipinski definition) is 1. The molecule has 126 valence electrons. The first kappa shape index (κ1) is 16.6. The molecule has 0 aromatic heterocycles. The Labute approximate surface area is 144 Å².